The van der Waals surface area contributed by atoms with Crippen LogP contribution in [0.1, 0.15) is 46.5 Å². The molecule has 2 aliphatic heterocycles. The van der Waals surface area contributed by atoms with Gasteiger partial charge in [0, 0.05) is 52.4 Å². The molecule has 0 aromatic rings. The number of likely N-dealkylation sites (N-methyl/N-ethyl adjacent to an activating group) is 1. The molecule has 0 aromatic heterocycles. The molecular formula is C22H42IN5O3. The number of hydrogen-bond donors (Lipinski definition) is 1. The summed E-state index contributed by atoms with van der Waals surface area (Å²) >= 11 is 0. The molecule has 8 nitrogen and oxygen atoms in total. The first-order chi connectivity index (χ1) is 14.2. The number of amides is 1. The first-order valence-corrected chi connectivity index (χ1v) is 11.5. The van der Waals surface area contributed by atoms with Crippen LogP contribution in [0.15, 0.2) is 4.99 Å². The number of halogens is 1. The number of nitrogens with zero attached hydrogens (tertiary/aromatic N) is 4. The Morgan fingerprint density at radius 1 is 1.19 bits per heavy atom. The van der Waals surface area contributed by atoms with E-state index in [1.54, 1.807) is 0 Å². The summed E-state index contributed by atoms with van der Waals surface area (Å²) in [6, 6.07) is 0.241. The van der Waals surface area contributed by atoms with Gasteiger partial charge in [0.25, 0.3) is 0 Å². The topological polar surface area (TPSA) is 69.6 Å². The number of hydrogen-bond acceptors (Lipinski definition) is 5. The zero-order chi connectivity index (χ0) is 21.7. The number of ether oxygens (including phenoxy) is 2. The minimum Gasteiger partial charge on any atom is -0.444 e. The molecule has 1 saturated carbocycles. The van der Waals surface area contributed by atoms with Gasteiger partial charge >= 0.3 is 6.09 Å². The fraction of sp³-hybridized carbons (Fsp3) is 0.909. The summed E-state index contributed by atoms with van der Waals surface area (Å²) in [4.78, 5) is 23.9. The maximum atomic E-state index is 12.8. The Balaban J connectivity index is 0.00000341. The van der Waals surface area contributed by atoms with Crippen LogP contribution >= 0.6 is 24.0 Å². The Hall–Kier alpha value is -0.810. The number of guanidine groups is 1. The SMILES string of the molecule is CN=C(NCC1CN(C)CCO1)N1CCC(N(CC2CC2)C(=O)OC(C)(C)C)CC1.I. The molecule has 1 unspecified atom stereocenters. The monoisotopic (exact) mass is 551 g/mol. The Morgan fingerprint density at radius 2 is 1.87 bits per heavy atom. The number of likely N-dealkylation sites (tertiary alicyclic amines) is 1. The summed E-state index contributed by atoms with van der Waals surface area (Å²) in [7, 11) is 3.97. The van der Waals surface area contributed by atoms with E-state index in [0.29, 0.717) is 5.92 Å². The summed E-state index contributed by atoms with van der Waals surface area (Å²) in [5.74, 6) is 1.58. The van der Waals surface area contributed by atoms with Gasteiger partial charge in [-0.3, -0.25) is 4.99 Å². The minimum absolute atomic E-state index is 0. The van der Waals surface area contributed by atoms with E-state index < -0.39 is 5.60 Å². The molecule has 3 aliphatic rings. The highest BCUT2D eigenvalue weighted by Crippen LogP contribution is 2.32. The Labute approximate surface area is 205 Å². The van der Waals surface area contributed by atoms with Crippen LogP contribution in [0.4, 0.5) is 4.79 Å². The van der Waals surface area contributed by atoms with Crippen molar-refractivity contribution in [2.75, 3.05) is 60.0 Å². The lowest BCUT2D eigenvalue weighted by molar-refractivity contribution is -0.0165. The van der Waals surface area contributed by atoms with Crippen LogP contribution < -0.4 is 5.32 Å². The fourth-order valence-electron chi connectivity index (χ4n) is 4.19. The third-order valence-electron chi connectivity index (χ3n) is 6.03. The average molecular weight is 552 g/mol. The lowest BCUT2D eigenvalue weighted by Crippen LogP contribution is -2.54. The minimum atomic E-state index is -0.458. The van der Waals surface area contributed by atoms with E-state index in [2.05, 4.69) is 27.2 Å². The molecule has 1 atom stereocenters. The molecule has 180 valence electrons. The number of aliphatic imine (C=N–C) groups is 1. The number of rotatable bonds is 5. The Kier molecular flexibility index (Phi) is 10.1. The van der Waals surface area contributed by atoms with Gasteiger partial charge < -0.3 is 29.5 Å². The van der Waals surface area contributed by atoms with E-state index in [1.807, 2.05) is 32.7 Å². The second-order valence-electron chi connectivity index (χ2n) is 9.98. The quantitative estimate of drug-likeness (QED) is 0.322. The van der Waals surface area contributed by atoms with E-state index in [0.717, 1.165) is 64.7 Å². The van der Waals surface area contributed by atoms with Crippen molar-refractivity contribution in [2.24, 2.45) is 10.9 Å². The molecule has 2 heterocycles. The number of morpholine rings is 1. The van der Waals surface area contributed by atoms with E-state index >= 15 is 0 Å². The first-order valence-electron chi connectivity index (χ1n) is 11.5. The van der Waals surface area contributed by atoms with Gasteiger partial charge in [-0.1, -0.05) is 0 Å². The number of carbonyl (C=O) groups excluding carboxylic acids is 1. The van der Waals surface area contributed by atoms with E-state index in [9.17, 15) is 4.79 Å². The lowest BCUT2D eigenvalue weighted by atomic mass is 10.0. The first kappa shape index (κ1) is 26.4. The Bertz CT molecular complexity index is 600. The second-order valence-corrected chi connectivity index (χ2v) is 9.98. The molecule has 9 heteroatoms. The molecule has 1 aliphatic carbocycles. The number of nitrogens with one attached hydrogen (secondary N) is 1. The second kappa shape index (κ2) is 11.9. The van der Waals surface area contributed by atoms with Crippen molar-refractivity contribution in [3.63, 3.8) is 0 Å². The van der Waals surface area contributed by atoms with Crippen molar-refractivity contribution in [3.05, 3.63) is 0 Å². The molecule has 1 N–H and O–H groups in total. The van der Waals surface area contributed by atoms with Crippen LogP contribution in [0, 0.1) is 5.92 Å². The predicted molar refractivity (Wildman–Crippen MR) is 134 cm³/mol. The van der Waals surface area contributed by atoms with Gasteiger partial charge in [0.05, 0.1) is 12.7 Å². The summed E-state index contributed by atoms with van der Waals surface area (Å²) < 4.78 is 11.6. The van der Waals surface area contributed by atoms with Crippen LogP contribution in [0.2, 0.25) is 0 Å². The zero-order valence-electron chi connectivity index (χ0n) is 19.9. The third kappa shape index (κ3) is 8.57. The van der Waals surface area contributed by atoms with Crippen molar-refractivity contribution in [3.8, 4) is 0 Å². The van der Waals surface area contributed by atoms with Gasteiger partial charge in [-0.25, -0.2) is 4.79 Å². The highest BCUT2D eigenvalue weighted by atomic mass is 127. The maximum absolute atomic E-state index is 12.8. The van der Waals surface area contributed by atoms with Crippen LogP contribution in [-0.4, -0.2) is 104 Å². The molecule has 3 fully saturated rings. The summed E-state index contributed by atoms with van der Waals surface area (Å²) in [6.45, 7) is 11.9. The summed E-state index contributed by atoms with van der Waals surface area (Å²) in [6.07, 6.45) is 4.37. The largest absolute Gasteiger partial charge is 0.444 e. The zero-order valence-corrected chi connectivity index (χ0v) is 22.3. The van der Waals surface area contributed by atoms with Crippen LogP contribution in [0.5, 0.6) is 0 Å². The molecule has 1 amide bonds. The van der Waals surface area contributed by atoms with Crippen LogP contribution in [0.3, 0.4) is 0 Å². The van der Waals surface area contributed by atoms with E-state index in [-0.39, 0.29) is 42.2 Å². The number of carbonyl (C=O) groups is 1. The van der Waals surface area contributed by atoms with Crippen molar-refractivity contribution in [1.82, 2.24) is 20.0 Å². The van der Waals surface area contributed by atoms with Crippen molar-refractivity contribution in [1.29, 1.82) is 0 Å². The highest BCUT2D eigenvalue weighted by Gasteiger charge is 2.35. The predicted octanol–water partition coefficient (Wildman–Crippen LogP) is 2.62. The van der Waals surface area contributed by atoms with E-state index in [4.69, 9.17) is 9.47 Å². The molecule has 0 bridgehead atoms. The molecule has 0 spiro atoms. The van der Waals surface area contributed by atoms with E-state index in [1.165, 1.54) is 12.8 Å². The molecule has 31 heavy (non-hydrogen) atoms. The van der Waals surface area contributed by atoms with Gasteiger partial charge in [-0.15, -0.1) is 24.0 Å². The Morgan fingerprint density at radius 3 is 2.42 bits per heavy atom. The van der Waals surface area contributed by atoms with Gasteiger partial charge in [0.1, 0.15) is 5.60 Å². The van der Waals surface area contributed by atoms with Gasteiger partial charge in [-0.2, -0.15) is 0 Å². The van der Waals surface area contributed by atoms with Gasteiger partial charge in [0.2, 0.25) is 0 Å². The fourth-order valence-corrected chi connectivity index (χ4v) is 4.19. The molecule has 0 aromatic carbocycles. The van der Waals surface area contributed by atoms with Crippen molar-refractivity contribution >= 4 is 36.0 Å². The molecule has 2 saturated heterocycles. The van der Waals surface area contributed by atoms with Gasteiger partial charge in [0.15, 0.2) is 5.96 Å². The maximum Gasteiger partial charge on any atom is 0.410 e. The van der Waals surface area contributed by atoms with Crippen molar-refractivity contribution < 1.29 is 14.3 Å². The highest BCUT2D eigenvalue weighted by molar-refractivity contribution is 14.0. The van der Waals surface area contributed by atoms with Crippen LogP contribution in [0.25, 0.3) is 0 Å². The molecule has 0 radical (unpaired) electrons. The number of piperidine rings is 1. The van der Waals surface area contributed by atoms with Crippen molar-refractivity contribution in [2.45, 2.75) is 64.2 Å². The van der Waals surface area contributed by atoms with Gasteiger partial charge in [-0.05, 0) is 59.4 Å². The van der Waals surface area contributed by atoms with Crippen LogP contribution in [-0.2, 0) is 9.47 Å². The summed E-state index contributed by atoms with van der Waals surface area (Å²) in [5, 5.41) is 3.49. The average Bonchev–Trinajstić information content (AvgIpc) is 3.50. The normalized spacial score (nSPS) is 23.8. The molecular weight excluding hydrogens is 509 g/mol. The standard InChI is InChI=1S/C22H41N5O3.HI/c1-22(2,3)30-21(28)27(15-17-6-7-17)18-8-10-26(11-9-18)20(23-4)24-14-19-16-25(5)12-13-29-19;/h17-19H,6-16H2,1-5H3,(H,23,24);1H. The molecule has 3 rings (SSSR count). The third-order valence-corrected chi connectivity index (χ3v) is 6.03. The lowest BCUT2D eigenvalue weighted by Gasteiger charge is -2.40. The summed E-state index contributed by atoms with van der Waals surface area (Å²) in [5.41, 5.74) is -0.458. The smallest absolute Gasteiger partial charge is 0.410 e.